The van der Waals surface area contributed by atoms with Gasteiger partial charge in [0.05, 0.1) is 5.69 Å². The zero-order chi connectivity index (χ0) is 17.1. The Hall–Kier alpha value is -1.21. The smallest absolute Gasteiger partial charge is 0.257 e. The predicted octanol–water partition coefficient (Wildman–Crippen LogP) is 4.33. The Balaban J connectivity index is 1.60. The van der Waals surface area contributed by atoms with Gasteiger partial charge in [0.25, 0.3) is 5.91 Å². The highest BCUT2D eigenvalue weighted by Crippen LogP contribution is 2.22. The van der Waals surface area contributed by atoms with Crippen molar-refractivity contribution in [3.05, 3.63) is 39.1 Å². The molecule has 3 heterocycles. The summed E-state index contributed by atoms with van der Waals surface area (Å²) in [6.45, 7) is 5.33. The molecule has 3 rings (SSSR count). The number of carbonyl (C=O) groups is 1. The summed E-state index contributed by atoms with van der Waals surface area (Å²) in [5.74, 6) is 0.513. The number of hydrogen-bond acceptors (Lipinski definition) is 5. The molecule has 0 unspecified atom stereocenters. The lowest BCUT2D eigenvalue weighted by Gasteiger charge is -2.29. The Morgan fingerprint density at radius 3 is 2.62 bits per heavy atom. The molecular weight excluding hydrogens is 367 g/mol. The van der Waals surface area contributed by atoms with Crippen molar-refractivity contribution < 1.29 is 4.79 Å². The molecule has 1 N–H and O–H groups in total. The van der Waals surface area contributed by atoms with Gasteiger partial charge < -0.3 is 0 Å². The Kier molecular flexibility index (Phi) is 5.71. The van der Waals surface area contributed by atoms with Crippen molar-refractivity contribution in [2.75, 3.05) is 18.4 Å². The van der Waals surface area contributed by atoms with Gasteiger partial charge in [-0.25, -0.2) is 9.97 Å². The third kappa shape index (κ3) is 4.66. The minimum absolute atomic E-state index is 0.187. The van der Waals surface area contributed by atoms with Crippen molar-refractivity contribution in [1.29, 1.82) is 0 Å². The van der Waals surface area contributed by atoms with Crippen LogP contribution in [-0.2, 0) is 6.54 Å². The number of aromatic nitrogens is 2. The topological polar surface area (TPSA) is 58.1 Å². The molecule has 0 atom stereocenters. The molecule has 1 amide bonds. The lowest BCUT2D eigenvalue weighted by Crippen LogP contribution is -2.32. The number of piperidine rings is 1. The van der Waals surface area contributed by atoms with Gasteiger partial charge in [-0.1, -0.05) is 30.1 Å². The Morgan fingerprint density at radius 2 is 1.96 bits per heavy atom. The highest BCUT2D eigenvalue weighted by atomic mass is 35.5. The number of amides is 1. The fourth-order valence-electron chi connectivity index (χ4n) is 2.65. The van der Waals surface area contributed by atoms with Crippen LogP contribution in [0, 0.1) is 5.92 Å². The Morgan fingerprint density at radius 1 is 1.29 bits per heavy atom. The molecule has 0 bridgehead atoms. The number of carbonyl (C=O) groups excluding carboxylic acids is 1. The van der Waals surface area contributed by atoms with Crippen LogP contribution in [0.4, 0.5) is 5.13 Å². The third-order valence-corrected chi connectivity index (χ3v) is 5.25. The van der Waals surface area contributed by atoms with Gasteiger partial charge in [0.1, 0.15) is 10.3 Å². The van der Waals surface area contributed by atoms with E-state index in [2.05, 4.69) is 27.1 Å². The van der Waals surface area contributed by atoms with E-state index in [0.29, 0.717) is 10.7 Å². The molecule has 1 aliphatic heterocycles. The van der Waals surface area contributed by atoms with Gasteiger partial charge in [-0.05, 0) is 44.0 Å². The number of hydrogen-bond donors (Lipinski definition) is 1. The fraction of sp³-hybridized carbons (Fsp3) is 0.438. The standard InChI is InChI=1S/C16H18Cl2N4OS/c1-10-2-4-22(5-3-10)8-12-9-24-16(19-12)21-15(23)11-6-13(17)20-14(18)7-11/h6-7,9-10H,2-5,8H2,1H3,(H,19,21,23). The first kappa shape index (κ1) is 17.6. The fourth-order valence-corrected chi connectivity index (χ4v) is 3.81. The molecule has 2 aromatic rings. The third-order valence-electron chi connectivity index (χ3n) is 4.06. The average molecular weight is 385 g/mol. The molecule has 1 fully saturated rings. The number of thiazole rings is 1. The van der Waals surface area contributed by atoms with E-state index in [1.54, 1.807) is 0 Å². The normalized spacial score (nSPS) is 16.3. The van der Waals surface area contributed by atoms with Crippen molar-refractivity contribution >= 4 is 45.6 Å². The van der Waals surface area contributed by atoms with Crippen LogP contribution in [0.15, 0.2) is 17.5 Å². The molecule has 2 aromatic heterocycles. The van der Waals surface area contributed by atoms with E-state index in [1.165, 1.54) is 36.3 Å². The molecule has 24 heavy (non-hydrogen) atoms. The lowest BCUT2D eigenvalue weighted by atomic mass is 9.99. The van der Waals surface area contributed by atoms with Crippen LogP contribution in [0.25, 0.3) is 0 Å². The molecule has 0 aromatic carbocycles. The second-order valence-electron chi connectivity index (χ2n) is 6.06. The van der Waals surface area contributed by atoms with E-state index < -0.39 is 0 Å². The zero-order valence-electron chi connectivity index (χ0n) is 13.3. The minimum Gasteiger partial charge on any atom is -0.298 e. The summed E-state index contributed by atoms with van der Waals surface area (Å²) in [6, 6.07) is 2.96. The second-order valence-corrected chi connectivity index (χ2v) is 7.69. The highest BCUT2D eigenvalue weighted by Gasteiger charge is 2.17. The van der Waals surface area contributed by atoms with Crippen LogP contribution >= 0.6 is 34.5 Å². The number of anilines is 1. The summed E-state index contributed by atoms with van der Waals surface area (Å²) in [5.41, 5.74) is 1.34. The van der Waals surface area contributed by atoms with Crippen LogP contribution in [-0.4, -0.2) is 33.9 Å². The summed E-state index contributed by atoms with van der Waals surface area (Å²) in [6.07, 6.45) is 2.47. The average Bonchev–Trinajstić information content (AvgIpc) is 2.95. The van der Waals surface area contributed by atoms with Gasteiger partial charge in [0.2, 0.25) is 0 Å². The van der Waals surface area contributed by atoms with E-state index in [9.17, 15) is 4.79 Å². The zero-order valence-corrected chi connectivity index (χ0v) is 15.6. The molecule has 5 nitrogen and oxygen atoms in total. The van der Waals surface area contributed by atoms with E-state index in [0.717, 1.165) is 31.2 Å². The highest BCUT2D eigenvalue weighted by molar-refractivity contribution is 7.14. The van der Waals surface area contributed by atoms with E-state index in [4.69, 9.17) is 23.2 Å². The molecule has 0 radical (unpaired) electrons. The van der Waals surface area contributed by atoms with Crippen LogP contribution < -0.4 is 5.32 Å². The summed E-state index contributed by atoms with van der Waals surface area (Å²) in [4.78, 5) is 23.0. The first-order valence-electron chi connectivity index (χ1n) is 7.81. The quantitative estimate of drug-likeness (QED) is 0.796. The molecule has 0 saturated carbocycles. The van der Waals surface area contributed by atoms with Gasteiger partial charge in [-0.3, -0.25) is 15.0 Å². The number of likely N-dealkylation sites (tertiary alicyclic amines) is 1. The second kappa shape index (κ2) is 7.78. The van der Waals surface area contributed by atoms with Crippen molar-refractivity contribution in [2.24, 2.45) is 5.92 Å². The summed E-state index contributed by atoms with van der Waals surface area (Å²) in [5, 5.41) is 5.72. The number of nitrogens with zero attached hydrogens (tertiary/aromatic N) is 3. The van der Waals surface area contributed by atoms with Gasteiger partial charge in [0, 0.05) is 17.5 Å². The number of nitrogens with one attached hydrogen (secondary N) is 1. The van der Waals surface area contributed by atoms with Gasteiger partial charge in [0.15, 0.2) is 5.13 Å². The summed E-state index contributed by atoms with van der Waals surface area (Å²) < 4.78 is 0. The van der Waals surface area contributed by atoms with Crippen LogP contribution in [0.1, 0.15) is 35.8 Å². The van der Waals surface area contributed by atoms with Crippen LogP contribution in [0.3, 0.4) is 0 Å². The van der Waals surface area contributed by atoms with Gasteiger partial charge in [-0.15, -0.1) is 11.3 Å². The van der Waals surface area contributed by atoms with Crippen molar-refractivity contribution in [3.8, 4) is 0 Å². The van der Waals surface area contributed by atoms with Gasteiger partial charge >= 0.3 is 0 Å². The molecule has 8 heteroatoms. The first-order chi connectivity index (χ1) is 11.5. The molecule has 0 spiro atoms. The molecular formula is C16H18Cl2N4OS. The van der Waals surface area contributed by atoms with E-state index >= 15 is 0 Å². The van der Waals surface area contributed by atoms with Crippen molar-refractivity contribution in [3.63, 3.8) is 0 Å². The maximum Gasteiger partial charge on any atom is 0.257 e. The first-order valence-corrected chi connectivity index (χ1v) is 9.44. The Labute approximate surface area is 155 Å². The largest absolute Gasteiger partial charge is 0.298 e. The molecule has 1 saturated heterocycles. The van der Waals surface area contributed by atoms with E-state index in [-0.39, 0.29) is 16.2 Å². The van der Waals surface area contributed by atoms with E-state index in [1.807, 2.05) is 5.38 Å². The summed E-state index contributed by atoms with van der Waals surface area (Å²) >= 11 is 13.1. The monoisotopic (exact) mass is 384 g/mol. The molecule has 0 aliphatic carbocycles. The maximum absolute atomic E-state index is 12.3. The minimum atomic E-state index is -0.297. The molecule has 128 valence electrons. The Bertz CT molecular complexity index is 708. The number of halogens is 2. The lowest BCUT2D eigenvalue weighted by molar-refractivity contribution is 0.102. The van der Waals surface area contributed by atoms with Crippen LogP contribution in [0.5, 0.6) is 0 Å². The SMILES string of the molecule is CC1CCN(Cc2csc(NC(=O)c3cc(Cl)nc(Cl)c3)n2)CC1. The van der Waals surface area contributed by atoms with Crippen molar-refractivity contribution in [1.82, 2.24) is 14.9 Å². The maximum atomic E-state index is 12.3. The van der Waals surface area contributed by atoms with Crippen LogP contribution in [0.2, 0.25) is 10.3 Å². The molecule has 1 aliphatic rings. The number of rotatable bonds is 4. The van der Waals surface area contributed by atoms with Gasteiger partial charge in [-0.2, -0.15) is 0 Å². The number of pyridine rings is 1. The predicted molar refractivity (Wildman–Crippen MR) is 98.0 cm³/mol. The van der Waals surface area contributed by atoms with Crippen molar-refractivity contribution in [2.45, 2.75) is 26.3 Å². The summed E-state index contributed by atoms with van der Waals surface area (Å²) in [7, 11) is 0.